The molecule has 0 spiro atoms. The normalized spacial score (nSPS) is 23.2. The highest BCUT2D eigenvalue weighted by Gasteiger charge is 2.43. The minimum Gasteiger partial charge on any atom is -0.342 e. The minimum atomic E-state index is -0.547. The van der Waals surface area contributed by atoms with Gasteiger partial charge in [-0.1, -0.05) is 22.0 Å². The summed E-state index contributed by atoms with van der Waals surface area (Å²) in [5.74, 6) is -0.547. The number of halogens is 1. The zero-order chi connectivity index (χ0) is 9.31. The first-order valence-corrected chi connectivity index (χ1v) is 6.01. The molecule has 0 N–H and O–H groups in total. The summed E-state index contributed by atoms with van der Waals surface area (Å²) in [5.41, 5.74) is 0. The molecule has 72 valence electrons. The van der Waals surface area contributed by atoms with Gasteiger partial charge in [-0.05, 0) is 18.4 Å². The summed E-state index contributed by atoms with van der Waals surface area (Å²) in [6.07, 6.45) is 0. The Labute approximate surface area is 90.0 Å². The molecule has 0 bridgehead atoms. The molecular weight excluding hydrogens is 252 g/mol. The van der Waals surface area contributed by atoms with Crippen molar-refractivity contribution >= 4 is 27.3 Å². The first-order valence-electron chi connectivity index (χ1n) is 4.22. The van der Waals surface area contributed by atoms with E-state index in [4.69, 9.17) is 9.47 Å². The maximum absolute atomic E-state index is 5.69. The first kappa shape index (κ1) is 9.65. The van der Waals surface area contributed by atoms with E-state index in [1.165, 1.54) is 0 Å². The van der Waals surface area contributed by atoms with E-state index >= 15 is 0 Å². The van der Waals surface area contributed by atoms with Crippen LogP contribution in [-0.2, 0) is 15.3 Å². The Morgan fingerprint density at radius 3 is 2.69 bits per heavy atom. The lowest BCUT2D eigenvalue weighted by atomic mass is 10.2. The highest BCUT2D eigenvalue weighted by atomic mass is 79.9. The monoisotopic (exact) mass is 262 g/mol. The van der Waals surface area contributed by atoms with Crippen molar-refractivity contribution < 1.29 is 9.47 Å². The molecule has 0 aliphatic carbocycles. The van der Waals surface area contributed by atoms with Crippen LogP contribution < -0.4 is 0 Å². The lowest BCUT2D eigenvalue weighted by Crippen LogP contribution is -2.34. The topological polar surface area (TPSA) is 18.5 Å². The van der Waals surface area contributed by atoms with Crippen LogP contribution in [0.5, 0.6) is 0 Å². The average molecular weight is 263 g/mol. The van der Waals surface area contributed by atoms with E-state index in [0.29, 0.717) is 13.2 Å². The van der Waals surface area contributed by atoms with Crippen LogP contribution in [-0.4, -0.2) is 18.0 Å². The Kier molecular flexibility index (Phi) is 2.74. The van der Waals surface area contributed by atoms with Crippen LogP contribution in [0.2, 0.25) is 0 Å². The molecule has 0 amide bonds. The number of hydrogen-bond donors (Lipinski definition) is 0. The lowest BCUT2D eigenvalue weighted by Gasteiger charge is -2.28. The largest absolute Gasteiger partial charge is 0.342 e. The van der Waals surface area contributed by atoms with Crippen molar-refractivity contribution in [2.75, 3.05) is 13.2 Å². The molecule has 1 aromatic heterocycles. The summed E-state index contributed by atoms with van der Waals surface area (Å²) >= 11 is 5.20. The number of hydrogen-bond acceptors (Lipinski definition) is 3. The predicted octanol–water partition coefficient (Wildman–Crippen LogP) is 2.73. The van der Waals surface area contributed by atoms with Crippen LogP contribution in [0.25, 0.3) is 0 Å². The summed E-state index contributed by atoms with van der Waals surface area (Å²) < 4.78 is 11.4. The van der Waals surface area contributed by atoms with E-state index in [9.17, 15) is 0 Å². The summed E-state index contributed by atoms with van der Waals surface area (Å²) in [5, 5.41) is 2.04. The second kappa shape index (κ2) is 3.69. The Morgan fingerprint density at radius 2 is 2.23 bits per heavy atom. The lowest BCUT2D eigenvalue weighted by molar-refractivity contribution is -0.158. The number of thiophene rings is 1. The fourth-order valence-corrected chi connectivity index (χ4v) is 3.06. The molecule has 0 radical (unpaired) electrons. The van der Waals surface area contributed by atoms with Crippen molar-refractivity contribution in [3.05, 3.63) is 22.4 Å². The van der Waals surface area contributed by atoms with Crippen molar-refractivity contribution in [1.29, 1.82) is 0 Å². The molecule has 0 saturated carbocycles. The van der Waals surface area contributed by atoms with Gasteiger partial charge in [-0.2, -0.15) is 0 Å². The Balaban J connectivity index is 2.33. The third-order valence-corrected chi connectivity index (χ3v) is 3.68. The summed E-state index contributed by atoms with van der Waals surface area (Å²) in [6, 6.07) is 4.07. The fourth-order valence-electron chi connectivity index (χ4n) is 1.47. The van der Waals surface area contributed by atoms with Crippen molar-refractivity contribution in [1.82, 2.24) is 0 Å². The van der Waals surface area contributed by atoms with Gasteiger partial charge in [0, 0.05) is 0 Å². The maximum atomic E-state index is 5.69. The Morgan fingerprint density at radius 1 is 1.54 bits per heavy atom. The first-order chi connectivity index (χ1) is 6.26. The van der Waals surface area contributed by atoms with Gasteiger partial charge in [-0.15, -0.1) is 11.3 Å². The van der Waals surface area contributed by atoms with Crippen LogP contribution in [0.4, 0.5) is 0 Å². The minimum absolute atomic E-state index is 0.168. The number of rotatable bonds is 2. The molecule has 2 nitrogen and oxygen atoms in total. The standard InChI is InChI=1S/C9H11BrO2S/c1-7(10)9(11-4-5-12-9)8-3-2-6-13-8/h2-3,6-7H,4-5H2,1H3. The third kappa shape index (κ3) is 1.56. The maximum Gasteiger partial charge on any atom is 0.217 e. The molecule has 1 unspecified atom stereocenters. The molecule has 1 aliphatic rings. The van der Waals surface area contributed by atoms with Gasteiger partial charge >= 0.3 is 0 Å². The van der Waals surface area contributed by atoms with Gasteiger partial charge < -0.3 is 9.47 Å². The molecule has 1 aliphatic heterocycles. The molecule has 2 heterocycles. The predicted molar refractivity (Wildman–Crippen MR) is 56.3 cm³/mol. The van der Waals surface area contributed by atoms with Crippen LogP contribution >= 0.6 is 27.3 Å². The zero-order valence-corrected chi connectivity index (χ0v) is 9.73. The van der Waals surface area contributed by atoms with Gasteiger partial charge in [-0.25, -0.2) is 0 Å². The molecule has 0 aromatic carbocycles. The van der Waals surface area contributed by atoms with Gasteiger partial charge in [-0.3, -0.25) is 0 Å². The van der Waals surface area contributed by atoms with Gasteiger partial charge in [0.2, 0.25) is 5.79 Å². The van der Waals surface area contributed by atoms with Gasteiger partial charge in [0.05, 0.1) is 22.9 Å². The molecule has 13 heavy (non-hydrogen) atoms. The van der Waals surface area contributed by atoms with E-state index in [2.05, 4.69) is 15.9 Å². The molecule has 1 aromatic rings. The van der Waals surface area contributed by atoms with Crippen LogP contribution in [0.3, 0.4) is 0 Å². The van der Waals surface area contributed by atoms with Gasteiger partial charge in [0.1, 0.15) is 0 Å². The molecular formula is C9H11BrO2S. The molecule has 4 heteroatoms. The molecule has 2 rings (SSSR count). The third-order valence-electron chi connectivity index (χ3n) is 2.10. The molecule has 1 saturated heterocycles. The van der Waals surface area contributed by atoms with E-state index in [1.807, 2.05) is 24.4 Å². The van der Waals surface area contributed by atoms with Gasteiger partial charge in [0.15, 0.2) is 0 Å². The van der Waals surface area contributed by atoms with Crippen molar-refractivity contribution in [2.24, 2.45) is 0 Å². The second-order valence-corrected chi connectivity index (χ2v) is 5.28. The van der Waals surface area contributed by atoms with Crippen LogP contribution in [0.15, 0.2) is 17.5 Å². The average Bonchev–Trinajstić information content (AvgIpc) is 2.75. The highest BCUT2D eigenvalue weighted by Crippen LogP contribution is 2.40. The smallest absolute Gasteiger partial charge is 0.217 e. The summed E-state index contributed by atoms with van der Waals surface area (Å²) in [6.45, 7) is 3.40. The Bertz CT molecular complexity index is 265. The van der Waals surface area contributed by atoms with Crippen LogP contribution in [0, 0.1) is 0 Å². The number of ether oxygens (including phenoxy) is 2. The van der Waals surface area contributed by atoms with E-state index in [0.717, 1.165) is 4.88 Å². The molecule has 1 atom stereocenters. The Hall–Kier alpha value is 0.1000. The SMILES string of the molecule is CC(Br)C1(c2cccs2)OCCO1. The summed E-state index contributed by atoms with van der Waals surface area (Å²) in [7, 11) is 0. The van der Waals surface area contributed by atoms with Crippen molar-refractivity contribution in [3.8, 4) is 0 Å². The zero-order valence-electron chi connectivity index (χ0n) is 7.33. The highest BCUT2D eigenvalue weighted by molar-refractivity contribution is 9.09. The van der Waals surface area contributed by atoms with Gasteiger partial charge in [0.25, 0.3) is 0 Å². The number of alkyl halides is 1. The second-order valence-electron chi connectivity index (χ2n) is 2.96. The van der Waals surface area contributed by atoms with Crippen LogP contribution in [0.1, 0.15) is 11.8 Å². The molecule has 1 fully saturated rings. The quantitative estimate of drug-likeness (QED) is 0.764. The fraction of sp³-hybridized carbons (Fsp3) is 0.556. The van der Waals surface area contributed by atoms with E-state index in [1.54, 1.807) is 11.3 Å². The summed E-state index contributed by atoms with van der Waals surface area (Å²) in [4.78, 5) is 1.30. The van der Waals surface area contributed by atoms with Crippen molar-refractivity contribution in [2.45, 2.75) is 17.5 Å². The van der Waals surface area contributed by atoms with Crippen molar-refractivity contribution in [3.63, 3.8) is 0 Å². The van der Waals surface area contributed by atoms with E-state index in [-0.39, 0.29) is 4.83 Å². The van der Waals surface area contributed by atoms with E-state index < -0.39 is 5.79 Å².